The Balaban J connectivity index is 3.31. The second-order valence-electron chi connectivity index (χ2n) is 1.36. The van der Waals surface area contributed by atoms with Gasteiger partial charge in [-0.05, 0) is 12.5 Å². The lowest BCUT2D eigenvalue weighted by atomic mass is 10.3. The summed E-state index contributed by atoms with van der Waals surface area (Å²) in [5, 5.41) is -0.238. The minimum atomic E-state index is -0.238. The summed E-state index contributed by atoms with van der Waals surface area (Å²) < 4.78 is 11.3. The molecule has 0 aliphatic heterocycles. The summed E-state index contributed by atoms with van der Waals surface area (Å²) in [5.41, 5.74) is 0. The van der Waals surface area contributed by atoms with E-state index in [2.05, 4.69) is 6.58 Å². The molecule has 0 rings (SSSR count). The van der Waals surface area contributed by atoms with Crippen LogP contribution in [-0.4, -0.2) is 5.38 Å². The summed E-state index contributed by atoms with van der Waals surface area (Å²) in [7, 11) is 0. The fraction of sp³-hybridized carbons (Fsp3) is 0.333. The Hall–Kier alpha value is -0.300. The normalized spacial score (nSPS) is 14.2. The Kier molecular flexibility index (Phi) is 4.67. The van der Waals surface area contributed by atoms with Crippen LogP contribution in [0.3, 0.4) is 0 Å². The van der Waals surface area contributed by atoms with Crippen molar-refractivity contribution in [3.05, 3.63) is 25.1 Å². The smallest absolute Gasteiger partial charge is 0.0841 e. The summed E-state index contributed by atoms with van der Waals surface area (Å²) in [6, 6.07) is 0. The van der Waals surface area contributed by atoms with Gasteiger partial charge in [0.1, 0.15) is 0 Å². The Labute approximate surface area is 53.7 Å². The third-order valence-electron chi connectivity index (χ3n) is 0.673. The molecule has 0 saturated carbocycles. The van der Waals surface area contributed by atoms with E-state index in [9.17, 15) is 4.39 Å². The van der Waals surface area contributed by atoms with Gasteiger partial charge in [0.2, 0.25) is 0 Å². The minimum absolute atomic E-state index is 0.238. The van der Waals surface area contributed by atoms with Gasteiger partial charge in [-0.15, -0.1) is 18.2 Å². The third kappa shape index (κ3) is 3.88. The first-order valence-corrected chi connectivity index (χ1v) is 2.76. The molecule has 0 bridgehead atoms. The molecule has 0 nitrogen and oxygen atoms in total. The van der Waals surface area contributed by atoms with E-state index >= 15 is 0 Å². The number of alkyl halides is 1. The maximum absolute atomic E-state index is 11.3. The second-order valence-corrected chi connectivity index (χ2v) is 1.92. The van der Waals surface area contributed by atoms with Crippen LogP contribution in [0.5, 0.6) is 0 Å². The molecule has 0 aromatic heterocycles. The molecule has 2 heteroatoms. The fourth-order valence-corrected chi connectivity index (χ4v) is 0.498. The van der Waals surface area contributed by atoms with Gasteiger partial charge in [0.15, 0.2) is 0 Å². The first kappa shape index (κ1) is 7.70. The highest BCUT2D eigenvalue weighted by molar-refractivity contribution is 6.21. The fourth-order valence-electron chi connectivity index (χ4n) is 0.317. The van der Waals surface area contributed by atoms with Gasteiger partial charge >= 0.3 is 0 Å². The molecule has 0 saturated heterocycles. The van der Waals surface area contributed by atoms with E-state index in [1.165, 1.54) is 6.08 Å². The quantitative estimate of drug-likeness (QED) is 0.411. The first-order chi connectivity index (χ1) is 3.81. The number of hydrogen-bond donors (Lipinski definition) is 0. The molecule has 0 aliphatic carbocycles. The van der Waals surface area contributed by atoms with Gasteiger partial charge in [-0.25, -0.2) is 4.39 Å². The average molecular weight is 135 g/mol. The van der Waals surface area contributed by atoms with Crippen molar-refractivity contribution in [2.75, 3.05) is 0 Å². The molecule has 0 radical (unpaired) electrons. The van der Waals surface area contributed by atoms with Crippen LogP contribution in [0, 0.1) is 0 Å². The summed E-state index contributed by atoms with van der Waals surface area (Å²) in [6.45, 7) is 3.44. The van der Waals surface area contributed by atoms with Crippen LogP contribution < -0.4 is 0 Å². The molecular weight excluding hydrogens is 127 g/mol. The topological polar surface area (TPSA) is 0 Å². The minimum Gasteiger partial charge on any atom is -0.216 e. The molecule has 0 heterocycles. The van der Waals surface area contributed by atoms with Crippen molar-refractivity contribution in [2.45, 2.75) is 11.8 Å². The Morgan fingerprint density at radius 3 is 2.75 bits per heavy atom. The highest BCUT2D eigenvalue weighted by Gasteiger charge is 1.92. The van der Waals surface area contributed by atoms with Gasteiger partial charge in [0.05, 0.1) is 11.7 Å². The van der Waals surface area contributed by atoms with Crippen LogP contribution in [0.4, 0.5) is 4.39 Å². The lowest BCUT2D eigenvalue weighted by Crippen LogP contribution is -1.87. The van der Waals surface area contributed by atoms with Crippen molar-refractivity contribution in [2.24, 2.45) is 0 Å². The molecule has 1 atom stereocenters. The molecule has 1 unspecified atom stereocenters. The van der Waals surface area contributed by atoms with Gasteiger partial charge in [0.25, 0.3) is 0 Å². The zero-order chi connectivity index (χ0) is 6.41. The molecule has 0 aliphatic rings. The molecule has 0 fully saturated rings. The molecule has 0 amide bonds. The molecule has 0 aromatic carbocycles. The summed E-state index contributed by atoms with van der Waals surface area (Å²) in [5.74, 6) is 0. The van der Waals surface area contributed by atoms with Crippen LogP contribution in [0.25, 0.3) is 0 Å². The average Bonchev–Trinajstić information content (AvgIpc) is 1.68. The molecule has 0 spiro atoms. The van der Waals surface area contributed by atoms with E-state index in [1.54, 1.807) is 6.08 Å². The predicted octanol–water partition coefficient (Wildman–Crippen LogP) is 2.65. The van der Waals surface area contributed by atoms with Crippen LogP contribution in [0.15, 0.2) is 25.1 Å². The lowest BCUT2D eigenvalue weighted by molar-refractivity contribution is 0.714. The highest BCUT2D eigenvalue weighted by Crippen LogP contribution is 2.03. The third-order valence-corrected chi connectivity index (χ3v) is 0.997. The largest absolute Gasteiger partial charge is 0.216 e. The molecule has 0 aromatic rings. The monoisotopic (exact) mass is 134 g/mol. The maximum Gasteiger partial charge on any atom is 0.0841 e. The van der Waals surface area contributed by atoms with Crippen molar-refractivity contribution in [3.8, 4) is 0 Å². The van der Waals surface area contributed by atoms with E-state index in [1.807, 2.05) is 0 Å². The Morgan fingerprint density at radius 1 is 1.75 bits per heavy atom. The summed E-state index contributed by atoms with van der Waals surface area (Å²) in [4.78, 5) is 0. The van der Waals surface area contributed by atoms with Crippen LogP contribution in [0.1, 0.15) is 6.42 Å². The van der Waals surface area contributed by atoms with E-state index in [4.69, 9.17) is 11.6 Å². The van der Waals surface area contributed by atoms with Crippen molar-refractivity contribution >= 4 is 11.6 Å². The number of hydrogen-bond acceptors (Lipinski definition) is 0. The molecule has 0 N–H and O–H groups in total. The summed E-state index contributed by atoms with van der Waals surface area (Å²) in [6.07, 6.45) is 3.99. The number of allylic oxidation sites excluding steroid dienone is 2. The number of rotatable bonds is 3. The van der Waals surface area contributed by atoms with Gasteiger partial charge in [-0.2, -0.15) is 0 Å². The van der Waals surface area contributed by atoms with Gasteiger partial charge < -0.3 is 0 Å². The SMILES string of the molecule is C=CCC(Cl)/C=C/F. The molecule has 46 valence electrons. The maximum atomic E-state index is 11.3. The summed E-state index contributed by atoms with van der Waals surface area (Å²) >= 11 is 5.48. The van der Waals surface area contributed by atoms with E-state index in [0.717, 1.165) is 0 Å². The standard InChI is InChI=1S/C6H8ClF/c1-2-3-6(7)4-5-8/h2,4-6H,1,3H2/b5-4+. The van der Waals surface area contributed by atoms with Gasteiger partial charge in [-0.1, -0.05) is 6.08 Å². The zero-order valence-electron chi connectivity index (χ0n) is 4.48. The Morgan fingerprint density at radius 2 is 2.38 bits per heavy atom. The predicted molar refractivity (Wildman–Crippen MR) is 34.7 cm³/mol. The zero-order valence-corrected chi connectivity index (χ0v) is 5.24. The van der Waals surface area contributed by atoms with E-state index < -0.39 is 0 Å². The Bertz CT molecular complexity index is 88.5. The van der Waals surface area contributed by atoms with Crippen molar-refractivity contribution < 1.29 is 4.39 Å². The van der Waals surface area contributed by atoms with E-state index in [0.29, 0.717) is 12.8 Å². The molecule has 8 heavy (non-hydrogen) atoms. The van der Waals surface area contributed by atoms with Gasteiger partial charge in [-0.3, -0.25) is 0 Å². The van der Waals surface area contributed by atoms with Crippen LogP contribution in [-0.2, 0) is 0 Å². The van der Waals surface area contributed by atoms with Gasteiger partial charge in [0, 0.05) is 0 Å². The second kappa shape index (κ2) is 4.85. The lowest BCUT2D eigenvalue weighted by Gasteiger charge is -1.93. The van der Waals surface area contributed by atoms with Crippen molar-refractivity contribution in [1.29, 1.82) is 0 Å². The highest BCUT2D eigenvalue weighted by atomic mass is 35.5. The van der Waals surface area contributed by atoms with Crippen molar-refractivity contribution in [1.82, 2.24) is 0 Å². The molecular formula is C6H8ClF. The number of halogens is 2. The van der Waals surface area contributed by atoms with E-state index in [-0.39, 0.29) is 5.38 Å². The van der Waals surface area contributed by atoms with Crippen LogP contribution in [0.2, 0.25) is 0 Å². The first-order valence-electron chi connectivity index (χ1n) is 2.33. The van der Waals surface area contributed by atoms with Crippen LogP contribution >= 0.6 is 11.6 Å². The van der Waals surface area contributed by atoms with Crippen molar-refractivity contribution in [3.63, 3.8) is 0 Å².